The molecule has 1 heterocycles. The normalized spacial score (nSPS) is 13.1. The Morgan fingerprint density at radius 1 is 1.00 bits per heavy atom. The summed E-state index contributed by atoms with van der Waals surface area (Å²) in [5.74, 6) is -0.734. The number of carbonyl (C=O) groups excluding carboxylic acids is 3. The van der Waals surface area contributed by atoms with Gasteiger partial charge in [-0.05, 0) is 48.2 Å². The van der Waals surface area contributed by atoms with E-state index in [1.807, 2.05) is 61.5 Å². The molecule has 0 unspecified atom stereocenters. The number of rotatable bonds is 6. The van der Waals surface area contributed by atoms with Crippen LogP contribution in [0.15, 0.2) is 72.8 Å². The number of esters is 1. The van der Waals surface area contributed by atoms with Gasteiger partial charge in [-0.25, -0.2) is 9.59 Å². The van der Waals surface area contributed by atoms with Crippen LogP contribution >= 0.6 is 0 Å². The first-order valence-electron chi connectivity index (χ1n) is 11.2. The molecule has 3 aromatic rings. The van der Waals surface area contributed by atoms with Gasteiger partial charge in [-0.1, -0.05) is 54.6 Å². The van der Waals surface area contributed by atoms with E-state index in [1.54, 1.807) is 23.1 Å². The van der Waals surface area contributed by atoms with Gasteiger partial charge in [0.2, 0.25) is 5.91 Å². The van der Waals surface area contributed by atoms with Crippen LogP contribution in [-0.4, -0.2) is 37.6 Å². The monoisotopic (exact) mass is 457 g/mol. The SMILES string of the molecule is COC(=O)c1ccc(C)cc1NC(=O)N[C@H](Cc1ccccc1)C(=O)N1CCc2ccccc21. The lowest BCUT2D eigenvalue weighted by molar-refractivity contribution is -0.120. The number of aryl methyl sites for hydroxylation is 1. The predicted molar refractivity (Wildman–Crippen MR) is 131 cm³/mol. The summed E-state index contributed by atoms with van der Waals surface area (Å²) in [5.41, 5.74) is 4.35. The van der Waals surface area contributed by atoms with E-state index in [2.05, 4.69) is 10.6 Å². The maximum absolute atomic E-state index is 13.6. The molecule has 0 spiro atoms. The van der Waals surface area contributed by atoms with E-state index < -0.39 is 18.0 Å². The lowest BCUT2D eigenvalue weighted by Crippen LogP contribution is -2.50. The van der Waals surface area contributed by atoms with Gasteiger partial charge in [0.15, 0.2) is 0 Å². The van der Waals surface area contributed by atoms with E-state index in [4.69, 9.17) is 4.74 Å². The minimum atomic E-state index is -0.792. The van der Waals surface area contributed by atoms with Gasteiger partial charge in [0.25, 0.3) is 0 Å². The van der Waals surface area contributed by atoms with E-state index in [9.17, 15) is 14.4 Å². The lowest BCUT2D eigenvalue weighted by atomic mass is 10.0. The summed E-state index contributed by atoms with van der Waals surface area (Å²) < 4.78 is 4.83. The zero-order chi connectivity index (χ0) is 24.1. The second-order valence-electron chi connectivity index (χ2n) is 8.25. The number of carbonyl (C=O) groups is 3. The standard InChI is InChI=1S/C27H27N3O4/c1-18-12-13-21(26(32)34-2)22(16-18)28-27(33)29-23(17-19-8-4-3-5-9-19)25(31)30-15-14-20-10-6-7-11-24(20)30/h3-13,16,23H,14-15,17H2,1-2H3,(H2,28,29,33)/t23-/m1/s1. The van der Waals surface area contributed by atoms with Gasteiger partial charge < -0.3 is 20.3 Å². The fourth-order valence-electron chi connectivity index (χ4n) is 4.17. The molecule has 7 nitrogen and oxygen atoms in total. The number of fused-ring (bicyclic) bond motifs is 1. The summed E-state index contributed by atoms with van der Waals surface area (Å²) >= 11 is 0. The number of amides is 3. The molecular weight excluding hydrogens is 430 g/mol. The van der Waals surface area contributed by atoms with E-state index >= 15 is 0 Å². The predicted octanol–water partition coefficient (Wildman–Crippen LogP) is 4.10. The Kier molecular flexibility index (Phi) is 6.92. The molecule has 7 heteroatoms. The van der Waals surface area contributed by atoms with Crippen molar-refractivity contribution in [2.75, 3.05) is 23.9 Å². The van der Waals surface area contributed by atoms with Crippen LogP contribution in [-0.2, 0) is 22.4 Å². The van der Waals surface area contributed by atoms with Crippen molar-refractivity contribution in [2.45, 2.75) is 25.8 Å². The molecule has 0 fully saturated rings. The number of anilines is 2. The van der Waals surface area contributed by atoms with Crippen molar-refractivity contribution in [2.24, 2.45) is 0 Å². The molecule has 0 aromatic heterocycles. The molecule has 1 atom stereocenters. The molecule has 0 aliphatic carbocycles. The Bertz CT molecular complexity index is 1210. The Hall–Kier alpha value is -4.13. The Morgan fingerprint density at radius 2 is 1.74 bits per heavy atom. The summed E-state index contributed by atoms with van der Waals surface area (Å²) in [5, 5.41) is 5.56. The molecular formula is C27H27N3O4. The van der Waals surface area contributed by atoms with Crippen molar-refractivity contribution in [3.8, 4) is 0 Å². The van der Waals surface area contributed by atoms with Gasteiger partial charge in [-0.15, -0.1) is 0 Å². The van der Waals surface area contributed by atoms with E-state index in [0.29, 0.717) is 18.7 Å². The Morgan fingerprint density at radius 3 is 2.50 bits per heavy atom. The first-order chi connectivity index (χ1) is 16.5. The quantitative estimate of drug-likeness (QED) is 0.546. The minimum Gasteiger partial charge on any atom is -0.465 e. The molecule has 0 radical (unpaired) electrons. The van der Waals surface area contributed by atoms with Crippen LogP contribution in [0, 0.1) is 6.92 Å². The van der Waals surface area contributed by atoms with Crippen LogP contribution in [0.3, 0.4) is 0 Å². The number of nitrogens with zero attached hydrogens (tertiary/aromatic N) is 1. The van der Waals surface area contributed by atoms with Crippen LogP contribution < -0.4 is 15.5 Å². The van der Waals surface area contributed by atoms with Crippen molar-refractivity contribution in [3.05, 3.63) is 95.1 Å². The summed E-state index contributed by atoms with van der Waals surface area (Å²) in [6.07, 6.45) is 1.11. The number of methoxy groups -OCH3 is 1. The molecule has 0 saturated carbocycles. The van der Waals surface area contributed by atoms with Crippen molar-refractivity contribution in [3.63, 3.8) is 0 Å². The lowest BCUT2D eigenvalue weighted by Gasteiger charge is -2.25. The van der Waals surface area contributed by atoms with Crippen LogP contribution in [0.5, 0.6) is 0 Å². The van der Waals surface area contributed by atoms with E-state index in [-0.39, 0.29) is 11.5 Å². The third kappa shape index (κ3) is 5.09. The fourth-order valence-corrected chi connectivity index (χ4v) is 4.17. The van der Waals surface area contributed by atoms with Crippen molar-refractivity contribution < 1.29 is 19.1 Å². The molecule has 0 bridgehead atoms. The average molecular weight is 458 g/mol. The Labute approximate surface area is 198 Å². The second-order valence-corrected chi connectivity index (χ2v) is 8.25. The number of urea groups is 1. The molecule has 2 N–H and O–H groups in total. The van der Waals surface area contributed by atoms with E-state index in [0.717, 1.165) is 28.8 Å². The number of nitrogens with one attached hydrogen (secondary N) is 2. The highest BCUT2D eigenvalue weighted by molar-refractivity contribution is 6.04. The number of ether oxygens (including phenoxy) is 1. The Balaban J connectivity index is 1.57. The van der Waals surface area contributed by atoms with Crippen molar-refractivity contribution >= 4 is 29.3 Å². The molecule has 3 amide bonds. The molecule has 34 heavy (non-hydrogen) atoms. The summed E-state index contributed by atoms with van der Waals surface area (Å²) in [7, 11) is 1.29. The highest BCUT2D eigenvalue weighted by Gasteiger charge is 2.31. The number of hydrogen-bond acceptors (Lipinski definition) is 4. The maximum Gasteiger partial charge on any atom is 0.339 e. The summed E-state index contributed by atoms with van der Waals surface area (Å²) in [6, 6.07) is 21.1. The van der Waals surface area contributed by atoms with Gasteiger partial charge >= 0.3 is 12.0 Å². The second kappa shape index (κ2) is 10.2. The molecule has 4 rings (SSSR count). The summed E-state index contributed by atoms with van der Waals surface area (Å²) in [4.78, 5) is 40.5. The average Bonchev–Trinajstić information content (AvgIpc) is 3.27. The van der Waals surface area contributed by atoms with Gasteiger partial charge in [0.1, 0.15) is 6.04 Å². The molecule has 0 saturated heterocycles. The smallest absolute Gasteiger partial charge is 0.339 e. The third-order valence-electron chi connectivity index (χ3n) is 5.87. The van der Waals surface area contributed by atoms with Crippen molar-refractivity contribution in [1.29, 1.82) is 0 Å². The number of benzene rings is 3. The summed E-state index contributed by atoms with van der Waals surface area (Å²) in [6.45, 7) is 2.42. The maximum atomic E-state index is 13.6. The zero-order valence-electron chi connectivity index (χ0n) is 19.2. The zero-order valence-corrected chi connectivity index (χ0v) is 19.2. The van der Waals surface area contributed by atoms with Crippen LogP contribution in [0.4, 0.5) is 16.2 Å². The number of para-hydroxylation sites is 1. The minimum absolute atomic E-state index is 0.179. The fraction of sp³-hybridized carbons (Fsp3) is 0.222. The molecule has 174 valence electrons. The van der Waals surface area contributed by atoms with Gasteiger partial charge in [-0.3, -0.25) is 4.79 Å². The largest absolute Gasteiger partial charge is 0.465 e. The number of hydrogen-bond donors (Lipinski definition) is 2. The van der Waals surface area contributed by atoms with Gasteiger partial charge in [0.05, 0.1) is 18.4 Å². The molecule has 1 aliphatic rings. The van der Waals surface area contributed by atoms with E-state index in [1.165, 1.54) is 7.11 Å². The molecule has 3 aromatic carbocycles. The van der Waals surface area contributed by atoms with Gasteiger partial charge in [-0.2, -0.15) is 0 Å². The molecule has 1 aliphatic heterocycles. The van der Waals surface area contributed by atoms with Crippen LogP contribution in [0.2, 0.25) is 0 Å². The van der Waals surface area contributed by atoms with Gasteiger partial charge in [0, 0.05) is 18.7 Å². The van der Waals surface area contributed by atoms with Crippen LogP contribution in [0.1, 0.15) is 27.0 Å². The topological polar surface area (TPSA) is 87.7 Å². The van der Waals surface area contributed by atoms with Crippen molar-refractivity contribution in [1.82, 2.24) is 5.32 Å². The highest BCUT2D eigenvalue weighted by atomic mass is 16.5. The highest BCUT2D eigenvalue weighted by Crippen LogP contribution is 2.28. The third-order valence-corrected chi connectivity index (χ3v) is 5.87. The van der Waals surface area contributed by atoms with Crippen LogP contribution in [0.25, 0.3) is 0 Å². The first-order valence-corrected chi connectivity index (χ1v) is 11.2. The first kappa shape index (κ1) is 23.0.